The van der Waals surface area contributed by atoms with Gasteiger partial charge >= 0.3 is 0 Å². The quantitative estimate of drug-likeness (QED) is 0.831. The first-order valence-electron chi connectivity index (χ1n) is 6.79. The maximum Gasteiger partial charge on any atom is 0.207 e. The Morgan fingerprint density at radius 3 is 1.33 bits per heavy atom. The fraction of sp³-hybridized carbons (Fsp3) is 0.111. The maximum absolute atomic E-state index is 13.0. The van der Waals surface area contributed by atoms with E-state index in [1.807, 2.05) is 60.7 Å². The third kappa shape index (κ3) is 3.14. The number of allylic oxidation sites excluding steroid dienone is 2. The molecule has 2 rings (SSSR count). The normalized spacial score (nSPS) is 13.2. The fourth-order valence-electron chi connectivity index (χ4n) is 2.28. The second kappa shape index (κ2) is 6.55. The molecular formula is C18H18O2S. The topological polar surface area (TPSA) is 34.1 Å². The molecule has 108 valence electrons. The van der Waals surface area contributed by atoms with Crippen LogP contribution in [0.15, 0.2) is 72.8 Å². The van der Waals surface area contributed by atoms with Gasteiger partial charge < -0.3 is 0 Å². The van der Waals surface area contributed by atoms with Crippen LogP contribution >= 0.6 is 0 Å². The van der Waals surface area contributed by atoms with Gasteiger partial charge in [0, 0.05) is 0 Å². The molecule has 2 nitrogen and oxygen atoms in total. The second-order valence-electron chi connectivity index (χ2n) is 4.54. The fourth-order valence-corrected chi connectivity index (χ4v) is 4.03. The highest BCUT2D eigenvalue weighted by Crippen LogP contribution is 2.32. The van der Waals surface area contributed by atoms with Crippen molar-refractivity contribution in [2.24, 2.45) is 0 Å². The number of sulfone groups is 1. The summed E-state index contributed by atoms with van der Waals surface area (Å²) in [5, 5.41) is 0. The molecule has 2 aromatic carbocycles. The first-order chi connectivity index (χ1) is 10.1. The van der Waals surface area contributed by atoms with Crippen molar-refractivity contribution >= 4 is 19.6 Å². The van der Waals surface area contributed by atoms with Gasteiger partial charge in [0.25, 0.3) is 0 Å². The Balaban J connectivity index is 2.55. The minimum absolute atomic E-state index is 0.333. The lowest BCUT2D eigenvalue weighted by atomic mass is 10.2. The molecule has 0 saturated carbocycles. The molecule has 0 aromatic heterocycles. The minimum Gasteiger partial charge on any atom is -0.218 e. The predicted octanol–water partition coefficient (Wildman–Crippen LogP) is 4.52. The monoisotopic (exact) mass is 298 g/mol. The van der Waals surface area contributed by atoms with Gasteiger partial charge in [0.15, 0.2) is 0 Å². The number of benzene rings is 2. The van der Waals surface area contributed by atoms with Crippen LogP contribution in [0.2, 0.25) is 0 Å². The van der Waals surface area contributed by atoms with E-state index in [1.165, 1.54) is 0 Å². The van der Waals surface area contributed by atoms with Crippen molar-refractivity contribution in [1.82, 2.24) is 0 Å². The molecule has 0 radical (unpaired) electrons. The average Bonchev–Trinajstić information content (AvgIpc) is 2.50. The van der Waals surface area contributed by atoms with E-state index in [1.54, 1.807) is 26.0 Å². The molecule has 0 spiro atoms. The highest BCUT2D eigenvalue weighted by atomic mass is 32.2. The van der Waals surface area contributed by atoms with Gasteiger partial charge in [0.1, 0.15) is 0 Å². The zero-order valence-corrected chi connectivity index (χ0v) is 13.0. The molecule has 21 heavy (non-hydrogen) atoms. The second-order valence-corrected chi connectivity index (χ2v) is 6.43. The van der Waals surface area contributed by atoms with Gasteiger partial charge in [-0.25, -0.2) is 8.42 Å². The molecule has 0 fully saturated rings. The van der Waals surface area contributed by atoms with Gasteiger partial charge in [-0.3, -0.25) is 0 Å². The maximum atomic E-state index is 13.0. The van der Waals surface area contributed by atoms with E-state index >= 15 is 0 Å². The van der Waals surface area contributed by atoms with E-state index in [0.717, 1.165) is 0 Å². The number of rotatable bonds is 4. The van der Waals surface area contributed by atoms with Gasteiger partial charge in [-0.1, -0.05) is 72.8 Å². The van der Waals surface area contributed by atoms with Crippen molar-refractivity contribution in [2.75, 3.05) is 0 Å². The van der Waals surface area contributed by atoms with Crippen molar-refractivity contribution in [3.63, 3.8) is 0 Å². The van der Waals surface area contributed by atoms with Crippen LogP contribution in [0.25, 0.3) is 9.81 Å². The van der Waals surface area contributed by atoms with Crippen molar-refractivity contribution in [3.05, 3.63) is 83.9 Å². The molecule has 0 aliphatic carbocycles. The van der Waals surface area contributed by atoms with E-state index in [2.05, 4.69) is 0 Å². The predicted molar refractivity (Wildman–Crippen MR) is 89.1 cm³/mol. The summed E-state index contributed by atoms with van der Waals surface area (Å²) >= 11 is 0. The highest BCUT2D eigenvalue weighted by molar-refractivity contribution is 8.09. The summed E-state index contributed by atoms with van der Waals surface area (Å²) < 4.78 is 25.9. The molecule has 0 unspecified atom stereocenters. The smallest absolute Gasteiger partial charge is 0.207 e. The SMILES string of the molecule is C/C=C(/c1ccccc1)S(=O)(=O)/C(=C\C)c1ccccc1. The third-order valence-corrected chi connectivity index (χ3v) is 5.32. The summed E-state index contributed by atoms with van der Waals surface area (Å²) in [5.74, 6) is 0. The largest absolute Gasteiger partial charge is 0.218 e. The molecule has 0 heterocycles. The van der Waals surface area contributed by atoms with Crippen LogP contribution in [-0.2, 0) is 9.84 Å². The lowest BCUT2D eigenvalue weighted by Gasteiger charge is -2.12. The summed E-state index contributed by atoms with van der Waals surface area (Å²) in [5.41, 5.74) is 1.41. The van der Waals surface area contributed by atoms with Gasteiger partial charge in [0.05, 0.1) is 9.81 Å². The van der Waals surface area contributed by atoms with Crippen LogP contribution in [0.5, 0.6) is 0 Å². The third-order valence-electron chi connectivity index (χ3n) is 3.22. The lowest BCUT2D eigenvalue weighted by molar-refractivity contribution is 0.615. The molecule has 0 bridgehead atoms. The summed E-state index contributed by atoms with van der Waals surface area (Å²) in [4.78, 5) is 0.667. The summed E-state index contributed by atoms with van der Waals surface area (Å²) in [7, 11) is -3.55. The zero-order valence-electron chi connectivity index (χ0n) is 12.2. The molecule has 0 atom stereocenters. The van der Waals surface area contributed by atoms with Crippen LogP contribution in [0.1, 0.15) is 25.0 Å². The Hall–Kier alpha value is -2.13. The summed E-state index contributed by atoms with van der Waals surface area (Å²) in [6.45, 7) is 3.50. The Kier molecular flexibility index (Phi) is 4.76. The van der Waals surface area contributed by atoms with Crippen LogP contribution in [-0.4, -0.2) is 8.42 Å². The molecule has 0 saturated heterocycles. The highest BCUT2D eigenvalue weighted by Gasteiger charge is 2.24. The molecule has 2 aromatic rings. The Labute approximate surface area is 126 Å². The van der Waals surface area contributed by atoms with Gasteiger partial charge in [0.2, 0.25) is 9.84 Å². The number of hydrogen-bond donors (Lipinski definition) is 0. The van der Waals surface area contributed by atoms with Crippen LogP contribution in [0.3, 0.4) is 0 Å². The first-order valence-corrected chi connectivity index (χ1v) is 8.28. The van der Waals surface area contributed by atoms with Crippen molar-refractivity contribution < 1.29 is 8.42 Å². The van der Waals surface area contributed by atoms with Crippen molar-refractivity contribution in [1.29, 1.82) is 0 Å². The summed E-state index contributed by atoms with van der Waals surface area (Å²) in [6.07, 6.45) is 3.30. The van der Waals surface area contributed by atoms with E-state index in [9.17, 15) is 8.42 Å². The summed E-state index contributed by atoms with van der Waals surface area (Å²) in [6, 6.07) is 18.3. The Morgan fingerprint density at radius 1 is 0.714 bits per heavy atom. The molecular weight excluding hydrogens is 280 g/mol. The van der Waals surface area contributed by atoms with Crippen LogP contribution in [0.4, 0.5) is 0 Å². The van der Waals surface area contributed by atoms with E-state index in [0.29, 0.717) is 20.9 Å². The lowest BCUT2D eigenvalue weighted by Crippen LogP contribution is -2.06. The van der Waals surface area contributed by atoms with Gasteiger partial charge in [-0.2, -0.15) is 0 Å². The standard InChI is InChI=1S/C18H18O2S/c1-3-17(15-11-7-5-8-12-15)21(19,20)18(4-2)16-13-9-6-10-14-16/h3-14H,1-2H3/b17-3-,18-4-. The van der Waals surface area contributed by atoms with Crippen molar-refractivity contribution in [3.8, 4) is 0 Å². The number of hydrogen-bond acceptors (Lipinski definition) is 2. The molecule has 0 aliphatic heterocycles. The Morgan fingerprint density at radius 2 is 1.05 bits per heavy atom. The Bertz CT molecular complexity index is 694. The van der Waals surface area contributed by atoms with Crippen molar-refractivity contribution in [2.45, 2.75) is 13.8 Å². The molecule has 3 heteroatoms. The van der Waals surface area contributed by atoms with E-state index in [-0.39, 0.29) is 0 Å². The van der Waals surface area contributed by atoms with E-state index < -0.39 is 9.84 Å². The van der Waals surface area contributed by atoms with Crippen LogP contribution in [0, 0.1) is 0 Å². The minimum atomic E-state index is -3.55. The molecule has 0 aliphatic rings. The van der Waals surface area contributed by atoms with Gasteiger partial charge in [-0.05, 0) is 25.0 Å². The molecule has 0 amide bonds. The molecule has 0 N–H and O–H groups in total. The average molecular weight is 298 g/mol. The zero-order chi connectivity index (χ0) is 15.3. The van der Waals surface area contributed by atoms with E-state index in [4.69, 9.17) is 0 Å². The first kappa shape index (κ1) is 15.3. The van der Waals surface area contributed by atoms with Gasteiger partial charge in [-0.15, -0.1) is 0 Å². The van der Waals surface area contributed by atoms with Crippen LogP contribution < -0.4 is 0 Å².